The van der Waals surface area contributed by atoms with E-state index in [1.807, 2.05) is 19.2 Å². The Morgan fingerprint density at radius 1 is 0.833 bits per heavy atom. The Hall–Kier alpha value is -3.07. The molecule has 0 atom stereocenters. The van der Waals surface area contributed by atoms with E-state index in [2.05, 4.69) is 59.9 Å². The molecule has 3 nitrogen and oxygen atoms in total. The smallest absolute Gasteiger partial charge is 0.142 e. The molecule has 118 valence electrons. The van der Waals surface area contributed by atoms with E-state index in [0.717, 1.165) is 38.8 Å². The van der Waals surface area contributed by atoms with Gasteiger partial charge in [-0.3, -0.25) is 0 Å². The number of nitrogens with zero attached hydrogens (tertiary/aromatic N) is 1. The van der Waals surface area contributed by atoms with E-state index in [1.165, 1.54) is 5.56 Å². The Morgan fingerprint density at radius 2 is 1.46 bits per heavy atom. The van der Waals surface area contributed by atoms with Crippen molar-refractivity contribution in [3.05, 3.63) is 66.7 Å². The molecule has 1 aromatic heterocycles. The number of pyridine rings is 1. The van der Waals surface area contributed by atoms with Gasteiger partial charge in [-0.1, -0.05) is 42.5 Å². The van der Waals surface area contributed by atoms with E-state index < -0.39 is 0 Å². The summed E-state index contributed by atoms with van der Waals surface area (Å²) >= 11 is 0. The van der Waals surface area contributed by atoms with Gasteiger partial charge in [-0.2, -0.15) is 0 Å². The fourth-order valence-corrected chi connectivity index (χ4v) is 3.20. The van der Waals surface area contributed by atoms with Gasteiger partial charge in [0.25, 0.3) is 0 Å². The first kappa shape index (κ1) is 14.5. The van der Waals surface area contributed by atoms with E-state index in [4.69, 9.17) is 9.72 Å². The maximum atomic E-state index is 5.54. The minimum Gasteiger partial charge on any atom is -0.495 e. The lowest BCUT2D eigenvalue weighted by molar-refractivity contribution is 0.417. The number of methoxy groups -OCH3 is 1. The second kappa shape index (κ2) is 5.85. The molecule has 0 spiro atoms. The third-order valence-corrected chi connectivity index (χ3v) is 4.35. The molecule has 0 fully saturated rings. The second-order valence-electron chi connectivity index (χ2n) is 5.69. The van der Waals surface area contributed by atoms with Crippen molar-refractivity contribution in [1.82, 2.24) is 4.98 Å². The summed E-state index contributed by atoms with van der Waals surface area (Å²) in [6.45, 7) is 0. The van der Waals surface area contributed by atoms with E-state index in [9.17, 15) is 0 Å². The van der Waals surface area contributed by atoms with Gasteiger partial charge in [0.1, 0.15) is 5.75 Å². The van der Waals surface area contributed by atoms with Crippen molar-refractivity contribution in [3.63, 3.8) is 0 Å². The number of nitrogens with one attached hydrogen (secondary N) is 1. The third-order valence-electron chi connectivity index (χ3n) is 4.35. The number of hydrogen-bond acceptors (Lipinski definition) is 3. The summed E-state index contributed by atoms with van der Waals surface area (Å²) in [5.41, 5.74) is 5.30. The number of ether oxygens (including phenoxy) is 1. The van der Waals surface area contributed by atoms with Crippen LogP contribution in [-0.2, 0) is 0 Å². The number of anilines is 1. The van der Waals surface area contributed by atoms with Gasteiger partial charge in [-0.15, -0.1) is 0 Å². The van der Waals surface area contributed by atoms with Crippen molar-refractivity contribution >= 4 is 27.5 Å². The second-order valence-corrected chi connectivity index (χ2v) is 5.69. The minimum absolute atomic E-state index is 0.833. The monoisotopic (exact) mass is 314 g/mol. The number of hydrogen-bond donors (Lipinski definition) is 1. The van der Waals surface area contributed by atoms with E-state index in [0.29, 0.717) is 0 Å². The van der Waals surface area contributed by atoms with Crippen molar-refractivity contribution in [2.45, 2.75) is 0 Å². The largest absolute Gasteiger partial charge is 0.495 e. The SMILES string of the molecule is CNc1ccc(-c2c3ccccc3nc3ccccc23)cc1OC. The van der Waals surface area contributed by atoms with Crippen LogP contribution in [0.25, 0.3) is 32.9 Å². The summed E-state index contributed by atoms with van der Waals surface area (Å²) in [7, 11) is 3.59. The molecule has 4 rings (SSSR count). The van der Waals surface area contributed by atoms with E-state index in [-0.39, 0.29) is 0 Å². The van der Waals surface area contributed by atoms with Gasteiger partial charge < -0.3 is 10.1 Å². The first-order valence-electron chi connectivity index (χ1n) is 7.95. The molecule has 4 aromatic rings. The Bertz CT molecular complexity index is 986. The van der Waals surface area contributed by atoms with Gasteiger partial charge in [0.05, 0.1) is 23.8 Å². The minimum atomic E-state index is 0.833. The van der Waals surface area contributed by atoms with Crippen LogP contribution >= 0.6 is 0 Å². The maximum Gasteiger partial charge on any atom is 0.142 e. The first-order valence-corrected chi connectivity index (χ1v) is 7.95. The molecule has 0 aliphatic heterocycles. The highest BCUT2D eigenvalue weighted by Crippen LogP contribution is 2.38. The van der Waals surface area contributed by atoms with Crippen molar-refractivity contribution in [2.24, 2.45) is 0 Å². The van der Waals surface area contributed by atoms with Crippen LogP contribution in [0.3, 0.4) is 0 Å². The molecule has 0 unspecified atom stereocenters. The van der Waals surface area contributed by atoms with Gasteiger partial charge in [0, 0.05) is 23.4 Å². The average molecular weight is 314 g/mol. The van der Waals surface area contributed by atoms with Crippen LogP contribution in [-0.4, -0.2) is 19.1 Å². The van der Waals surface area contributed by atoms with Crippen LogP contribution in [0.2, 0.25) is 0 Å². The third kappa shape index (κ3) is 2.26. The molecule has 1 N–H and O–H groups in total. The summed E-state index contributed by atoms with van der Waals surface area (Å²) in [6.07, 6.45) is 0. The highest BCUT2D eigenvalue weighted by molar-refractivity contribution is 6.09. The van der Waals surface area contributed by atoms with Gasteiger partial charge in [0.2, 0.25) is 0 Å². The zero-order valence-electron chi connectivity index (χ0n) is 13.7. The molecule has 1 heterocycles. The maximum absolute atomic E-state index is 5.54. The molecular formula is C21H18N2O. The van der Waals surface area contributed by atoms with Crippen molar-refractivity contribution < 1.29 is 4.74 Å². The van der Waals surface area contributed by atoms with Gasteiger partial charge in [-0.05, 0) is 29.8 Å². The summed E-state index contributed by atoms with van der Waals surface area (Å²) < 4.78 is 5.54. The molecule has 24 heavy (non-hydrogen) atoms. The molecule has 3 heteroatoms. The van der Waals surface area contributed by atoms with Crippen LogP contribution in [0.4, 0.5) is 5.69 Å². The Balaban J connectivity index is 2.10. The number of fused-ring (bicyclic) bond motifs is 2. The standard InChI is InChI=1S/C21H18N2O/c1-22-19-12-11-14(13-20(19)24-2)21-15-7-3-5-9-17(15)23-18-10-6-4-8-16(18)21/h3-13,22H,1-2H3. The fraction of sp³-hybridized carbons (Fsp3) is 0.0952. The highest BCUT2D eigenvalue weighted by Gasteiger charge is 2.12. The molecule has 0 aliphatic carbocycles. The molecule has 0 bridgehead atoms. The number of rotatable bonds is 3. The van der Waals surface area contributed by atoms with E-state index in [1.54, 1.807) is 7.11 Å². The molecule has 0 aliphatic rings. The molecule has 3 aromatic carbocycles. The molecule has 0 radical (unpaired) electrons. The fourth-order valence-electron chi connectivity index (χ4n) is 3.20. The summed E-state index contributed by atoms with van der Waals surface area (Å²) in [5, 5.41) is 5.46. The molecule has 0 saturated heterocycles. The normalized spacial score (nSPS) is 10.9. The van der Waals surface area contributed by atoms with Crippen LogP contribution < -0.4 is 10.1 Å². The Kier molecular flexibility index (Phi) is 3.54. The van der Waals surface area contributed by atoms with Crippen molar-refractivity contribution in [2.75, 3.05) is 19.5 Å². The van der Waals surface area contributed by atoms with Gasteiger partial charge in [-0.25, -0.2) is 4.98 Å². The summed E-state index contributed by atoms with van der Waals surface area (Å²) in [6, 6.07) is 22.8. The quantitative estimate of drug-likeness (QED) is 0.534. The van der Waals surface area contributed by atoms with Gasteiger partial charge >= 0.3 is 0 Å². The zero-order chi connectivity index (χ0) is 16.5. The number of benzene rings is 3. The topological polar surface area (TPSA) is 34.2 Å². The predicted octanol–water partition coefficient (Wildman–Crippen LogP) is 5.11. The number of aromatic nitrogens is 1. The predicted molar refractivity (Wildman–Crippen MR) is 101 cm³/mol. The lowest BCUT2D eigenvalue weighted by Crippen LogP contribution is -1.95. The van der Waals surface area contributed by atoms with Crippen LogP contribution in [0.5, 0.6) is 5.75 Å². The summed E-state index contributed by atoms with van der Waals surface area (Å²) in [4.78, 5) is 4.80. The van der Waals surface area contributed by atoms with Gasteiger partial charge in [0.15, 0.2) is 0 Å². The average Bonchev–Trinajstić information content (AvgIpc) is 2.65. The Morgan fingerprint density at radius 3 is 2.04 bits per heavy atom. The Labute approximate surface area is 140 Å². The number of para-hydroxylation sites is 2. The van der Waals surface area contributed by atoms with Crippen molar-refractivity contribution in [3.8, 4) is 16.9 Å². The van der Waals surface area contributed by atoms with Crippen molar-refractivity contribution in [1.29, 1.82) is 0 Å². The molecule has 0 saturated carbocycles. The lowest BCUT2D eigenvalue weighted by atomic mass is 9.96. The lowest BCUT2D eigenvalue weighted by Gasteiger charge is -2.14. The highest BCUT2D eigenvalue weighted by atomic mass is 16.5. The van der Waals surface area contributed by atoms with Crippen LogP contribution in [0.1, 0.15) is 0 Å². The molecule has 0 amide bonds. The zero-order valence-corrected chi connectivity index (χ0v) is 13.7. The first-order chi connectivity index (χ1) is 11.8. The van der Waals surface area contributed by atoms with E-state index >= 15 is 0 Å². The van der Waals surface area contributed by atoms with Crippen LogP contribution in [0, 0.1) is 0 Å². The molecular weight excluding hydrogens is 296 g/mol. The van der Waals surface area contributed by atoms with Crippen LogP contribution in [0.15, 0.2) is 66.7 Å². The summed E-state index contributed by atoms with van der Waals surface area (Å²) in [5.74, 6) is 0.833.